The molecule has 0 aliphatic rings. The van der Waals surface area contributed by atoms with Crippen LogP contribution in [0, 0.1) is 0 Å². The smallest absolute Gasteiger partial charge is 0.233 e. The van der Waals surface area contributed by atoms with Crippen molar-refractivity contribution >= 4 is 17.7 Å². The van der Waals surface area contributed by atoms with Crippen LogP contribution in [0.3, 0.4) is 0 Å². The standard InChI is InChI=1S/C17H19N5O2S/c1-12(14-7-4-3-5-8-14)18-16(23)13(2)25-17-19-20-21-22(17)11-15-9-6-10-24-15/h3-10,12-13H,11H2,1-2H3,(H,18,23)/t12-,13+/m0/s1. The number of furan rings is 1. The highest BCUT2D eigenvalue weighted by Crippen LogP contribution is 2.22. The summed E-state index contributed by atoms with van der Waals surface area (Å²) in [4.78, 5) is 12.5. The lowest BCUT2D eigenvalue weighted by atomic mass is 10.1. The van der Waals surface area contributed by atoms with Crippen molar-refractivity contribution in [2.75, 3.05) is 0 Å². The summed E-state index contributed by atoms with van der Waals surface area (Å²) in [5.41, 5.74) is 1.07. The molecule has 0 bridgehead atoms. The average Bonchev–Trinajstić information content (AvgIpc) is 3.28. The van der Waals surface area contributed by atoms with E-state index in [0.29, 0.717) is 11.7 Å². The van der Waals surface area contributed by atoms with Gasteiger partial charge in [-0.2, -0.15) is 0 Å². The Labute approximate surface area is 149 Å². The molecule has 2 heterocycles. The summed E-state index contributed by atoms with van der Waals surface area (Å²) in [6.45, 7) is 4.23. The number of benzene rings is 1. The van der Waals surface area contributed by atoms with Crippen LogP contribution in [0.15, 0.2) is 58.3 Å². The van der Waals surface area contributed by atoms with Crippen molar-refractivity contribution in [2.24, 2.45) is 0 Å². The number of nitrogens with zero attached hydrogens (tertiary/aromatic N) is 4. The maximum atomic E-state index is 12.5. The molecule has 2 aromatic heterocycles. The third-order valence-electron chi connectivity index (χ3n) is 3.69. The van der Waals surface area contributed by atoms with Crippen LogP contribution >= 0.6 is 11.8 Å². The van der Waals surface area contributed by atoms with Gasteiger partial charge in [-0.25, -0.2) is 4.68 Å². The second-order valence-electron chi connectivity index (χ2n) is 5.60. The molecule has 0 unspecified atom stereocenters. The molecule has 0 spiro atoms. The zero-order chi connectivity index (χ0) is 17.6. The van der Waals surface area contributed by atoms with Gasteiger partial charge in [0.1, 0.15) is 12.3 Å². The summed E-state index contributed by atoms with van der Waals surface area (Å²) in [6.07, 6.45) is 1.60. The lowest BCUT2D eigenvalue weighted by Crippen LogP contribution is -2.33. The Bertz CT molecular complexity index is 804. The van der Waals surface area contributed by atoms with Gasteiger partial charge < -0.3 is 9.73 Å². The maximum absolute atomic E-state index is 12.5. The summed E-state index contributed by atoms with van der Waals surface area (Å²) >= 11 is 1.32. The van der Waals surface area contributed by atoms with Crippen molar-refractivity contribution in [1.82, 2.24) is 25.5 Å². The van der Waals surface area contributed by atoms with Crippen molar-refractivity contribution in [3.63, 3.8) is 0 Å². The molecule has 3 aromatic rings. The number of aromatic nitrogens is 4. The largest absolute Gasteiger partial charge is 0.467 e. The molecular weight excluding hydrogens is 338 g/mol. The first kappa shape index (κ1) is 17.2. The van der Waals surface area contributed by atoms with E-state index in [2.05, 4.69) is 20.8 Å². The van der Waals surface area contributed by atoms with E-state index in [1.165, 1.54) is 11.8 Å². The topological polar surface area (TPSA) is 85.8 Å². The number of hydrogen-bond donors (Lipinski definition) is 1. The quantitative estimate of drug-likeness (QED) is 0.654. The molecular formula is C17H19N5O2S. The van der Waals surface area contributed by atoms with E-state index in [1.807, 2.05) is 56.3 Å². The normalized spacial score (nSPS) is 13.4. The first-order valence-electron chi connectivity index (χ1n) is 7.94. The SMILES string of the molecule is C[C@H](NC(=O)[C@@H](C)Sc1nnnn1Cc1ccco1)c1ccccc1. The van der Waals surface area contributed by atoms with E-state index in [-0.39, 0.29) is 17.2 Å². The molecule has 7 nitrogen and oxygen atoms in total. The lowest BCUT2D eigenvalue weighted by molar-refractivity contribution is -0.120. The highest BCUT2D eigenvalue weighted by Gasteiger charge is 2.20. The Kier molecular flexibility index (Phi) is 5.49. The second-order valence-corrected chi connectivity index (χ2v) is 6.91. The van der Waals surface area contributed by atoms with Crippen LogP contribution < -0.4 is 5.32 Å². The zero-order valence-corrected chi connectivity index (χ0v) is 14.8. The second kappa shape index (κ2) is 7.98. The van der Waals surface area contributed by atoms with Gasteiger partial charge in [0.25, 0.3) is 0 Å². The molecule has 1 N–H and O–H groups in total. The summed E-state index contributed by atoms with van der Waals surface area (Å²) in [5.74, 6) is 0.692. The highest BCUT2D eigenvalue weighted by atomic mass is 32.2. The third kappa shape index (κ3) is 4.48. The Balaban J connectivity index is 1.59. The number of nitrogens with one attached hydrogen (secondary N) is 1. The molecule has 1 amide bonds. The van der Waals surface area contributed by atoms with Gasteiger partial charge in [0.05, 0.1) is 17.6 Å². The fraction of sp³-hybridized carbons (Fsp3) is 0.294. The Morgan fingerprint density at radius 2 is 2.04 bits per heavy atom. The average molecular weight is 357 g/mol. The van der Waals surface area contributed by atoms with Crippen molar-refractivity contribution < 1.29 is 9.21 Å². The highest BCUT2D eigenvalue weighted by molar-refractivity contribution is 8.00. The van der Waals surface area contributed by atoms with E-state index in [1.54, 1.807) is 10.9 Å². The van der Waals surface area contributed by atoms with Gasteiger partial charge in [-0.3, -0.25) is 4.79 Å². The molecule has 0 fully saturated rings. The Hall–Kier alpha value is -2.61. The number of tetrazole rings is 1. The van der Waals surface area contributed by atoms with Gasteiger partial charge in [0.15, 0.2) is 0 Å². The molecule has 2 atom stereocenters. The van der Waals surface area contributed by atoms with Crippen LogP contribution in [0.1, 0.15) is 31.2 Å². The van der Waals surface area contributed by atoms with Gasteiger partial charge in [0.2, 0.25) is 11.1 Å². The monoisotopic (exact) mass is 357 g/mol. The maximum Gasteiger partial charge on any atom is 0.233 e. The fourth-order valence-electron chi connectivity index (χ4n) is 2.30. The molecule has 0 radical (unpaired) electrons. The lowest BCUT2D eigenvalue weighted by Gasteiger charge is -2.17. The summed E-state index contributed by atoms with van der Waals surface area (Å²) in [7, 11) is 0. The number of hydrogen-bond acceptors (Lipinski definition) is 6. The van der Waals surface area contributed by atoms with Gasteiger partial charge >= 0.3 is 0 Å². The summed E-state index contributed by atoms with van der Waals surface area (Å²) in [6, 6.07) is 13.5. The van der Waals surface area contributed by atoms with Crippen LogP contribution in [0.4, 0.5) is 0 Å². The van der Waals surface area contributed by atoms with Crippen molar-refractivity contribution in [2.45, 2.75) is 36.8 Å². The molecule has 0 saturated carbocycles. The Morgan fingerprint density at radius 3 is 2.76 bits per heavy atom. The van der Waals surface area contributed by atoms with Gasteiger partial charge in [0, 0.05) is 0 Å². The first-order valence-corrected chi connectivity index (χ1v) is 8.82. The van der Waals surface area contributed by atoms with E-state index < -0.39 is 0 Å². The number of carbonyl (C=O) groups is 1. The Morgan fingerprint density at radius 1 is 1.24 bits per heavy atom. The molecule has 130 valence electrons. The molecule has 3 rings (SSSR count). The molecule has 8 heteroatoms. The van der Waals surface area contributed by atoms with Crippen LogP contribution in [0.2, 0.25) is 0 Å². The zero-order valence-electron chi connectivity index (χ0n) is 14.0. The van der Waals surface area contributed by atoms with Crippen LogP contribution in [-0.4, -0.2) is 31.4 Å². The fourth-order valence-corrected chi connectivity index (χ4v) is 3.10. The van der Waals surface area contributed by atoms with Crippen LogP contribution in [-0.2, 0) is 11.3 Å². The number of thioether (sulfide) groups is 1. The first-order chi connectivity index (χ1) is 12.1. The van der Waals surface area contributed by atoms with E-state index in [9.17, 15) is 4.79 Å². The molecule has 0 saturated heterocycles. The minimum absolute atomic E-state index is 0.0594. The minimum atomic E-state index is -0.326. The summed E-state index contributed by atoms with van der Waals surface area (Å²) < 4.78 is 6.93. The van der Waals surface area contributed by atoms with Crippen molar-refractivity contribution in [1.29, 1.82) is 0 Å². The number of amides is 1. The van der Waals surface area contributed by atoms with Gasteiger partial charge in [-0.15, -0.1) is 5.10 Å². The number of carbonyl (C=O) groups excluding carboxylic acids is 1. The van der Waals surface area contributed by atoms with E-state index in [0.717, 1.165) is 11.3 Å². The van der Waals surface area contributed by atoms with Crippen molar-refractivity contribution in [3.8, 4) is 0 Å². The minimum Gasteiger partial charge on any atom is -0.467 e. The van der Waals surface area contributed by atoms with Crippen molar-refractivity contribution in [3.05, 3.63) is 60.1 Å². The molecule has 0 aliphatic carbocycles. The van der Waals surface area contributed by atoms with E-state index >= 15 is 0 Å². The molecule has 0 aliphatic heterocycles. The van der Waals surface area contributed by atoms with Crippen LogP contribution in [0.25, 0.3) is 0 Å². The molecule has 1 aromatic carbocycles. The van der Waals surface area contributed by atoms with Gasteiger partial charge in [-0.1, -0.05) is 42.1 Å². The predicted molar refractivity (Wildman–Crippen MR) is 93.9 cm³/mol. The third-order valence-corrected chi connectivity index (χ3v) is 4.77. The van der Waals surface area contributed by atoms with Crippen LogP contribution in [0.5, 0.6) is 0 Å². The van der Waals surface area contributed by atoms with Gasteiger partial charge in [-0.05, 0) is 42.0 Å². The van der Waals surface area contributed by atoms with E-state index in [4.69, 9.17) is 4.42 Å². The summed E-state index contributed by atoms with van der Waals surface area (Å²) in [5, 5.41) is 14.9. The number of rotatable bonds is 7. The predicted octanol–water partition coefficient (Wildman–Crippen LogP) is 2.67. The molecule has 25 heavy (non-hydrogen) atoms.